The fourth-order valence-corrected chi connectivity index (χ4v) is 3.39. The lowest BCUT2D eigenvalue weighted by atomic mass is 10.2. The van der Waals surface area contributed by atoms with Gasteiger partial charge in [0.25, 0.3) is 5.69 Å². The lowest BCUT2D eigenvalue weighted by Crippen LogP contribution is -2.22. The number of nitro benzene ring substituents is 1. The van der Waals surface area contributed by atoms with Gasteiger partial charge in [0.1, 0.15) is 12.4 Å². The Morgan fingerprint density at radius 3 is 2.62 bits per heavy atom. The monoisotopic (exact) mass is 421 g/mol. The molecule has 0 spiro atoms. The molecule has 0 unspecified atom stereocenters. The second-order valence-electron chi connectivity index (χ2n) is 7.78. The molecule has 0 fully saturated rings. The Hall–Kier alpha value is -2.85. The molecule has 154 valence electrons. The van der Waals surface area contributed by atoms with Gasteiger partial charge in [-0.25, -0.2) is 13.8 Å². The van der Waals surface area contributed by atoms with Crippen LogP contribution in [0.15, 0.2) is 36.7 Å². The molecule has 0 aliphatic carbocycles. The predicted octanol–water partition coefficient (Wildman–Crippen LogP) is 5.33. The number of aromatic nitrogens is 2. The highest BCUT2D eigenvalue weighted by molar-refractivity contribution is 6.76. The van der Waals surface area contributed by atoms with Crippen molar-refractivity contribution in [3.8, 4) is 11.5 Å². The molecular weight excluding hydrogens is 400 g/mol. The SMILES string of the molecule is C[Si](C)(C)CCOCn1ccc2c(Oc3ccc([N+](=O)[O-])cc3F)c(F)cnc21. The zero-order valence-corrected chi connectivity index (χ0v) is 17.3. The maximum Gasteiger partial charge on any atom is 0.272 e. The Morgan fingerprint density at radius 2 is 1.97 bits per heavy atom. The first-order valence-corrected chi connectivity index (χ1v) is 12.7. The largest absolute Gasteiger partial charge is 0.450 e. The Kier molecular flexibility index (Phi) is 5.94. The van der Waals surface area contributed by atoms with Gasteiger partial charge in [-0.05, 0) is 18.2 Å². The van der Waals surface area contributed by atoms with Gasteiger partial charge < -0.3 is 14.0 Å². The van der Waals surface area contributed by atoms with Gasteiger partial charge in [0.15, 0.2) is 23.1 Å². The van der Waals surface area contributed by atoms with E-state index >= 15 is 0 Å². The van der Waals surface area contributed by atoms with Crippen molar-refractivity contribution < 1.29 is 23.2 Å². The number of fused-ring (bicyclic) bond motifs is 1. The van der Waals surface area contributed by atoms with E-state index in [2.05, 4.69) is 24.6 Å². The van der Waals surface area contributed by atoms with Gasteiger partial charge in [0.2, 0.25) is 0 Å². The molecule has 0 radical (unpaired) electrons. The van der Waals surface area contributed by atoms with Gasteiger partial charge in [-0.15, -0.1) is 0 Å². The summed E-state index contributed by atoms with van der Waals surface area (Å²) < 4.78 is 41.3. The number of non-ortho nitro benzene ring substituents is 1. The molecule has 3 rings (SSSR count). The number of halogens is 2. The second kappa shape index (κ2) is 8.25. The number of hydrogen-bond donors (Lipinski definition) is 0. The van der Waals surface area contributed by atoms with Crippen LogP contribution in [-0.2, 0) is 11.5 Å². The molecule has 3 aromatic rings. The van der Waals surface area contributed by atoms with Crippen molar-refractivity contribution in [1.29, 1.82) is 0 Å². The molecule has 0 aliphatic heterocycles. The maximum absolute atomic E-state index is 14.3. The number of pyridine rings is 1. The Labute approximate surface area is 167 Å². The van der Waals surface area contributed by atoms with Gasteiger partial charge in [-0.1, -0.05) is 19.6 Å². The summed E-state index contributed by atoms with van der Waals surface area (Å²) in [6, 6.07) is 5.53. The van der Waals surface area contributed by atoms with Crippen LogP contribution in [0.4, 0.5) is 14.5 Å². The number of nitro groups is 1. The minimum Gasteiger partial charge on any atom is -0.450 e. The summed E-state index contributed by atoms with van der Waals surface area (Å²) in [6.45, 7) is 7.64. The minimum absolute atomic E-state index is 0.205. The summed E-state index contributed by atoms with van der Waals surface area (Å²) in [6.07, 6.45) is 2.67. The van der Waals surface area contributed by atoms with Gasteiger partial charge in [-0.3, -0.25) is 10.1 Å². The highest BCUT2D eigenvalue weighted by Gasteiger charge is 2.18. The lowest BCUT2D eigenvalue weighted by molar-refractivity contribution is -0.385. The molecule has 10 heteroatoms. The molecule has 29 heavy (non-hydrogen) atoms. The van der Waals surface area contributed by atoms with E-state index < -0.39 is 30.3 Å². The first kappa shape index (κ1) is 20.9. The standard InChI is InChI=1S/C19H21F2N3O4Si/c1-29(2,3)9-8-27-12-23-7-6-14-18(16(21)11-22-19(14)23)28-17-5-4-13(24(25)26)10-15(17)20/h4-7,10-11H,8-9,12H2,1-3H3. The molecule has 0 bridgehead atoms. The van der Waals surface area contributed by atoms with E-state index in [0.29, 0.717) is 17.6 Å². The maximum atomic E-state index is 14.3. The predicted molar refractivity (Wildman–Crippen MR) is 107 cm³/mol. The van der Waals surface area contributed by atoms with Gasteiger partial charge in [0.05, 0.1) is 22.6 Å². The zero-order valence-electron chi connectivity index (χ0n) is 16.3. The normalized spacial score (nSPS) is 11.8. The molecule has 0 saturated carbocycles. The Morgan fingerprint density at radius 1 is 1.21 bits per heavy atom. The molecule has 2 heterocycles. The van der Waals surface area contributed by atoms with E-state index in [1.54, 1.807) is 16.8 Å². The molecule has 0 saturated heterocycles. The second-order valence-corrected chi connectivity index (χ2v) is 13.4. The van der Waals surface area contributed by atoms with E-state index in [1.807, 2.05) is 0 Å². The first-order valence-electron chi connectivity index (χ1n) is 8.98. The highest BCUT2D eigenvalue weighted by atomic mass is 28.3. The molecule has 0 N–H and O–H groups in total. The van der Waals surface area contributed by atoms with E-state index in [4.69, 9.17) is 9.47 Å². The summed E-state index contributed by atoms with van der Waals surface area (Å²) in [5.74, 6) is -2.25. The summed E-state index contributed by atoms with van der Waals surface area (Å²) in [5, 5.41) is 11.1. The zero-order chi connectivity index (χ0) is 21.2. The third-order valence-electron chi connectivity index (χ3n) is 4.26. The molecule has 2 aromatic heterocycles. The fraction of sp³-hybridized carbons (Fsp3) is 0.316. The van der Waals surface area contributed by atoms with Gasteiger partial charge in [-0.2, -0.15) is 0 Å². The third kappa shape index (κ3) is 4.95. The fourth-order valence-electron chi connectivity index (χ4n) is 2.64. The van der Waals surface area contributed by atoms with Crippen LogP contribution < -0.4 is 4.74 Å². The van der Waals surface area contributed by atoms with Gasteiger partial charge in [0, 0.05) is 26.9 Å². The topological polar surface area (TPSA) is 79.4 Å². The van der Waals surface area contributed by atoms with Crippen molar-refractivity contribution in [2.75, 3.05) is 6.61 Å². The number of rotatable bonds is 8. The lowest BCUT2D eigenvalue weighted by Gasteiger charge is -2.15. The Balaban J connectivity index is 1.83. The summed E-state index contributed by atoms with van der Waals surface area (Å²) >= 11 is 0. The highest BCUT2D eigenvalue weighted by Crippen LogP contribution is 2.34. The van der Waals surface area contributed by atoms with Crippen LogP contribution in [0.3, 0.4) is 0 Å². The summed E-state index contributed by atoms with van der Waals surface area (Å²) in [4.78, 5) is 14.1. The Bertz CT molecular complexity index is 1050. The molecular formula is C19H21F2N3O4Si. The quantitative estimate of drug-likeness (QED) is 0.213. The van der Waals surface area contributed by atoms with E-state index in [1.165, 1.54) is 0 Å². The van der Waals surface area contributed by atoms with Crippen LogP contribution in [0, 0.1) is 21.7 Å². The molecule has 0 atom stereocenters. The van der Waals surface area contributed by atoms with Crippen LogP contribution in [0.5, 0.6) is 11.5 Å². The smallest absolute Gasteiger partial charge is 0.272 e. The van der Waals surface area contributed by atoms with E-state index in [9.17, 15) is 18.9 Å². The minimum atomic E-state index is -1.21. The van der Waals surface area contributed by atoms with Crippen molar-refractivity contribution in [2.45, 2.75) is 32.4 Å². The average Bonchev–Trinajstić information content (AvgIpc) is 3.04. The van der Waals surface area contributed by atoms with Crippen molar-refractivity contribution >= 4 is 24.8 Å². The van der Waals surface area contributed by atoms with Crippen molar-refractivity contribution in [1.82, 2.24) is 9.55 Å². The summed E-state index contributed by atoms with van der Waals surface area (Å²) in [7, 11) is -1.21. The van der Waals surface area contributed by atoms with Crippen LogP contribution >= 0.6 is 0 Å². The summed E-state index contributed by atoms with van der Waals surface area (Å²) in [5.41, 5.74) is 0.00791. The van der Waals surface area contributed by atoms with Crippen molar-refractivity contribution in [3.63, 3.8) is 0 Å². The molecule has 1 aromatic carbocycles. The third-order valence-corrected chi connectivity index (χ3v) is 5.97. The van der Waals surface area contributed by atoms with Crippen molar-refractivity contribution in [3.05, 3.63) is 58.4 Å². The average molecular weight is 421 g/mol. The number of nitrogens with zero attached hydrogens (tertiary/aromatic N) is 3. The number of hydrogen-bond acceptors (Lipinski definition) is 5. The molecule has 7 nitrogen and oxygen atoms in total. The molecule has 0 aliphatic rings. The molecule has 0 amide bonds. The van der Waals surface area contributed by atoms with Gasteiger partial charge >= 0.3 is 0 Å². The van der Waals surface area contributed by atoms with Crippen molar-refractivity contribution in [2.24, 2.45) is 0 Å². The van der Waals surface area contributed by atoms with Crippen LogP contribution in [0.2, 0.25) is 25.7 Å². The van der Waals surface area contributed by atoms with E-state index in [0.717, 1.165) is 30.4 Å². The van der Waals surface area contributed by atoms with E-state index in [-0.39, 0.29) is 18.2 Å². The van der Waals surface area contributed by atoms with Crippen LogP contribution in [0.25, 0.3) is 11.0 Å². The number of benzene rings is 1. The van der Waals surface area contributed by atoms with Crippen LogP contribution in [0.1, 0.15) is 0 Å². The number of ether oxygens (including phenoxy) is 2. The first-order chi connectivity index (χ1) is 13.7. The van der Waals surface area contributed by atoms with Crippen LogP contribution in [-0.4, -0.2) is 29.2 Å².